The van der Waals surface area contributed by atoms with Gasteiger partial charge >= 0.3 is 0 Å². The van der Waals surface area contributed by atoms with Crippen molar-refractivity contribution in [3.63, 3.8) is 0 Å². The lowest BCUT2D eigenvalue weighted by atomic mass is 10.1. The van der Waals surface area contributed by atoms with Crippen molar-refractivity contribution in [2.24, 2.45) is 0 Å². The lowest BCUT2D eigenvalue weighted by molar-refractivity contribution is 0.0954. The summed E-state index contributed by atoms with van der Waals surface area (Å²) >= 11 is 0. The number of hydrogen-bond acceptors (Lipinski definition) is 4. The summed E-state index contributed by atoms with van der Waals surface area (Å²) in [6, 6.07) is 12.5. The summed E-state index contributed by atoms with van der Waals surface area (Å²) in [6.45, 7) is 2.62. The number of fused-ring (bicyclic) bond motifs is 3. The maximum Gasteiger partial charge on any atom is 0.280 e. The van der Waals surface area contributed by atoms with Crippen LogP contribution in [-0.4, -0.2) is 34.3 Å². The maximum atomic E-state index is 12.9. The van der Waals surface area contributed by atoms with Crippen LogP contribution in [0.5, 0.6) is 5.75 Å². The summed E-state index contributed by atoms with van der Waals surface area (Å²) < 4.78 is 6.64. The van der Waals surface area contributed by atoms with E-state index in [0.29, 0.717) is 40.0 Å². The van der Waals surface area contributed by atoms with E-state index in [4.69, 9.17) is 4.74 Å². The van der Waals surface area contributed by atoms with Gasteiger partial charge in [0.05, 0.1) is 29.2 Å². The molecule has 0 atom stereocenters. The van der Waals surface area contributed by atoms with E-state index in [-0.39, 0.29) is 11.5 Å². The summed E-state index contributed by atoms with van der Waals surface area (Å²) in [5.41, 5.74) is 2.38. The largest absolute Gasteiger partial charge is 0.497 e. The Morgan fingerprint density at radius 2 is 1.96 bits per heavy atom. The van der Waals surface area contributed by atoms with Gasteiger partial charge in [-0.3, -0.25) is 19.7 Å². The third-order valence-electron chi connectivity index (χ3n) is 4.65. The molecule has 2 aromatic heterocycles. The van der Waals surface area contributed by atoms with Gasteiger partial charge in [0.15, 0.2) is 0 Å². The Kier molecular flexibility index (Phi) is 4.57. The van der Waals surface area contributed by atoms with Gasteiger partial charge in [0.25, 0.3) is 11.5 Å². The second kappa shape index (κ2) is 7.19. The van der Waals surface area contributed by atoms with Gasteiger partial charge < -0.3 is 10.1 Å². The van der Waals surface area contributed by atoms with E-state index in [1.807, 2.05) is 6.92 Å². The Labute approximate surface area is 160 Å². The van der Waals surface area contributed by atoms with Gasteiger partial charge in [-0.25, -0.2) is 4.68 Å². The van der Waals surface area contributed by atoms with Gasteiger partial charge in [-0.05, 0) is 48.9 Å². The number of carbonyl (C=O) groups excluding carboxylic acids is 1. The summed E-state index contributed by atoms with van der Waals surface area (Å²) in [6.07, 6.45) is 2.43. The first-order valence-corrected chi connectivity index (χ1v) is 9.08. The van der Waals surface area contributed by atoms with Crippen LogP contribution in [0.2, 0.25) is 0 Å². The normalized spacial score (nSPS) is 11.1. The van der Waals surface area contributed by atoms with Crippen LogP contribution in [0.1, 0.15) is 23.7 Å². The van der Waals surface area contributed by atoms with Crippen LogP contribution in [0.3, 0.4) is 0 Å². The van der Waals surface area contributed by atoms with Crippen LogP contribution < -0.4 is 15.6 Å². The highest BCUT2D eigenvalue weighted by atomic mass is 16.5. The number of H-pyrrole nitrogens is 1. The summed E-state index contributed by atoms with van der Waals surface area (Å²) in [7, 11) is 1.59. The molecule has 0 radical (unpaired) electrons. The molecule has 2 aromatic carbocycles. The van der Waals surface area contributed by atoms with Crippen molar-refractivity contribution in [1.82, 2.24) is 20.1 Å². The van der Waals surface area contributed by atoms with E-state index in [2.05, 4.69) is 15.4 Å². The lowest BCUT2D eigenvalue weighted by Crippen LogP contribution is -2.23. The molecule has 2 heterocycles. The van der Waals surface area contributed by atoms with E-state index < -0.39 is 0 Å². The molecule has 2 N–H and O–H groups in total. The molecule has 7 heteroatoms. The first-order chi connectivity index (χ1) is 13.6. The predicted octanol–water partition coefficient (Wildman–Crippen LogP) is 3.02. The topological polar surface area (TPSA) is 89.0 Å². The third kappa shape index (κ3) is 3.00. The molecule has 0 aliphatic rings. The average molecular weight is 376 g/mol. The van der Waals surface area contributed by atoms with E-state index in [0.717, 1.165) is 11.8 Å². The molecule has 0 aliphatic heterocycles. The van der Waals surface area contributed by atoms with Crippen LogP contribution in [-0.2, 0) is 0 Å². The number of nitrogens with one attached hydrogen (secondary N) is 2. The lowest BCUT2D eigenvalue weighted by Gasteiger charge is -2.05. The monoisotopic (exact) mass is 376 g/mol. The molecule has 28 heavy (non-hydrogen) atoms. The molecule has 4 rings (SSSR count). The smallest absolute Gasteiger partial charge is 0.280 e. The molecule has 7 nitrogen and oxygen atoms in total. The van der Waals surface area contributed by atoms with E-state index in [1.54, 1.807) is 55.8 Å². The highest BCUT2D eigenvalue weighted by molar-refractivity contribution is 6.06. The fraction of sp³-hybridized carbons (Fsp3) is 0.190. The molecule has 0 spiro atoms. The number of rotatable bonds is 5. The van der Waals surface area contributed by atoms with Crippen molar-refractivity contribution in [1.29, 1.82) is 0 Å². The Morgan fingerprint density at radius 1 is 1.18 bits per heavy atom. The van der Waals surface area contributed by atoms with E-state index in [1.165, 1.54) is 4.68 Å². The van der Waals surface area contributed by atoms with Crippen LogP contribution in [0.4, 0.5) is 0 Å². The molecule has 0 aliphatic carbocycles. The summed E-state index contributed by atoms with van der Waals surface area (Å²) in [5.74, 6) is 0.570. The van der Waals surface area contributed by atoms with E-state index in [9.17, 15) is 9.59 Å². The van der Waals surface area contributed by atoms with Crippen molar-refractivity contribution < 1.29 is 9.53 Å². The molecule has 4 aromatic rings. The minimum absolute atomic E-state index is 0.141. The number of pyridine rings is 1. The number of carbonyl (C=O) groups is 1. The second-order valence-corrected chi connectivity index (χ2v) is 6.49. The Hall–Kier alpha value is -3.61. The van der Waals surface area contributed by atoms with Gasteiger partial charge in [-0.1, -0.05) is 6.92 Å². The predicted molar refractivity (Wildman–Crippen MR) is 108 cm³/mol. The SMILES string of the molecule is CCCNC(=O)c1ccc2ncc3c(=O)n(-c4ccc(OC)cc4)[nH]c3c2c1. The number of nitrogens with zero attached hydrogens (tertiary/aromatic N) is 2. The van der Waals surface area contributed by atoms with Crippen molar-refractivity contribution in [3.05, 3.63) is 64.6 Å². The molecule has 0 bridgehead atoms. The zero-order valence-electron chi connectivity index (χ0n) is 15.7. The molecular formula is C21H20N4O3. The number of benzene rings is 2. The molecule has 0 unspecified atom stereocenters. The quantitative estimate of drug-likeness (QED) is 0.560. The number of aromatic amines is 1. The number of methoxy groups -OCH3 is 1. The maximum absolute atomic E-state index is 12.9. The first kappa shape index (κ1) is 17.8. The Balaban J connectivity index is 1.86. The fourth-order valence-corrected chi connectivity index (χ4v) is 3.15. The van der Waals surface area contributed by atoms with E-state index >= 15 is 0 Å². The zero-order chi connectivity index (χ0) is 19.7. The van der Waals surface area contributed by atoms with Crippen molar-refractivity contribution in [2.75, 3.05) is 13.7 Å². The third-order valence-corrected chi connectivity index (χ3v) is 4.65. The van der Waals surface area contributed by atoms with Crippen molar-refractivity contribution in [3.8, 4) is 11.4 Å². The Morgan fingerprint density at radius 3 is 2.68 bits per heavy atom. The average Bonchev–Trinajstić information content (AvgIpc) is 3.08. The highest BCUT2D eigenvalue weighted by Gasteiger charge is 2.14. The zero-order valence-corrected chi connectivity index (χ0v) is 15.7. The standard InChI is InChI=1S/C21H20N4O3/c1-3-10-22-20(26)13-4-9-18-16(11-13)19-17(12-23-18)21(27)25(24-19)14-5-7-15(28-2)8-6-14/h4-9,11-12,24H,3,10H2,1-2H3,(H,22,26). The number of hydrogen-bond donors (Lipinski definition) is 2. The van der Waals surface area contributed by atoms with Gasteiger partial charge in [0, 0.05) is 23.7 Å². The van der Waals surface area contributed by atoms with Crippen molar-refractivity contribution >= 4 is 27.7 Å². The molecule has 142 valence electrons. The Bertz CT molecular complexity index is 1220. The molecule has 0 saturated heterocycles. The molecular weight excluding hydrogens is 356 g/mol. The molecule has 0 saturated carbocycles. The molecule has 1 amide bonds. The second-order valence-electron chi connectivity index (χ2n) is 6.49. The van der Waals surface area contributed by atoms with Crippen molar-refractivity contribution in [2.45, 2.75) is 13.3 Å². The van der Waals surface area contributed by atoms with Gasteiger partial charge in [-0.2, -0.15) is 0 Å². The van der Waals surface area contributed by atoms with Gasteiger partial charge in [-0.15, -0.1) is 0 Å². The fourth-order valence-electron chi connectivity index (χ4n) is 3.15. The minimum atomic E-state index is -0.199. The first-order valence-electron chi connectivity index (χ1n) is 9.08. The number of amides is 1. The van der Waals surface area contributed by atoms with Gasteiger partial charge in [0.1, 0.15) is 5.75 Å². The van der Waals surface area contributed by atoms with Crippen LogP contribution in [0.25, 0.3) is 27.5 Å². The summed E-state index contributed by atoms with van der Waals surface area (Å²) in [5, 5.41) is 7.22. The van der Waals surface area contributed by atoms with Crippen LogP contribution in [0.15, 0.2) is 53.5 Å². The number of ether oxygens (including phenoxy) is 1. The molecule has 0 fully saturated rings. The summed E-state index contributed by atoms with van der Waals surface area (Å²) in [4.78, 5) is 29.6. The van der Waals surface area contributed by atoms with Crippen LogP contribution >= 0.6 is 0 Å². The minimum Gasteiger partial charge on any atom is -0.497 e. The number of aromatic nitrogens is 3. The highest BCUT2D eigenvalue weighted by Crippen LogP contribution is 2.23. The van der Waals surface area contributed by atoms with Crippen LogP contribution in [0, 0.1) is 0 Å². The van der Waals surface area contributed by atoms with Gasteiger partial charge in [0.2, 0.25) is 0 Å².